The number of fused-ring (bicyclic) bond motifs is 5. The molecule has 1 saturated carbocycles. The average molecular weight is 1140 g/mol. The van der Waals surface area contributed by atoms with Crippen molar-refractivity contribution in [3.63, 3.8) is 0 Å². The number of amides is 5. The molecule has 3 fully saturated rings. The quantitative estimate of drug-likeness (QED) is 0.0432. The molecule has 3 heterocycles. The normalized spacial score (nSPS) is 28.4. The third kappa shape index (κ3) is 17.8. The Hall–Kier alpha value is -5.31. The first-order valence-electron chi connectivity index (χ1n) is 27.9. The lowest BCUT2D eigenvalue weighted by Crippen LogP contribution is -2.60. The average Bonchev–Trinajstić information content (AvgIpc) is 4.22. The number of aliphatic carboxylic acids is 1. The predicted molar refractivity (Wildman–Crippen MR) is 300 cm³/mol. The Labute approximate surface area is 474 Å². The van der Waals surface area contributed by atoms with Crippen LogP contribution in [-0.4, -0.2) is 142 Å². The van der Waals surface area contributed by atoms with Crippen molar-refractivity contribution in [2.24, 2.45) is 23.7 Å². The van der Waals surface area contributed by atoms with E-state index in [2.05, 4.69) is 16.0 Å². The highest BCUT2D eigenvalue weighted by Crippen LogP contribution is 2.49. The number of esters is 1. The number of likely N-dealkylation sites (N-methyl/N-ethyl adjacent to an activating group) is 1. The molecule has 3 unspecified atom stereocenters. The molecular weight excluding hydrogens is 1060 g/mol. The molecule has 10 atom stereocenters. The number of Topliss-reactive ketones (excluding diaryl/α,β-unsaturated/α-hetero) is 2. The van der Waals surface area contributed by atoms with Gasteiger partial charge in [0.15, 0.2) is 5.78 Å². The van der Waals surface area contributed by atoms with Gasteiger partial charge in [-0.15, -0.1) is 11.8 Å². The number of hydrogen-bond acceptors (Lipinski definition) is 14. The van der Waals surface area contributed by atoms with Crippen LogP contribution in [-0.2, 0) is 59.0 Å². The lowest BCUT2D eigenvalue weighted by molar-refractivity contribution is -0.162. The summed E-state index contributed by atoms with van der Waals surface area (Å²) in [4.78, 5) is 119. The van der Waals surface area contributed by atoms with Gasteiger partial charge in [-0.05, 0) is 116 Å². The van der Waals surface area contributed by atoms with Crippen molar-refractivity contribution in [3.8, 4) is 0 Å². The first-order valence-corrected chi connectivity index (χ1v) is 29.3. The van der Waals surface area contributed by atoms with Gasteiger partial charge in [0.1, 0.15) is 40.6 Å². The summed E-state index contributed by atoms with van der Waals surface area (Å²) in [6.07, 6.45) is 7.67. The summed E-state index contributed by atoms with van der Waals surface area (Å²) in [5, 5.41) is 29.4. The van der Waals surface area contributed by atoms with Crippen LogP contribution in [0.2, 0.25) is 5.02 Å². The molecule has 3 aliphatic heterocycles. The van der Waals surface area contributed by atoms with Crippen molar-refractivity contribution in [1.82, 2.24) is 20.9 Å². The van der Waals surface area contributed by atoms with Gasteiger partial charge < -0.3 is 44.9 Å². The Morgan fingerprint density at radius 1 is 1.05 bits per heavy atom. The number of halogens is 1. The van der Waals surface area contributed by atoms with E-state index in [-0.39, 0.29) is 73.1 Å². The third-order valence-corrected chi connectivity index (χ3v) is 18.1. The van der Waals surface area contributed by atoms with Gasteiger partial charge in [-0.3, -0.25) is 38.9 Å². The maximum absolute atomic E-state index is 14.3. The van der Waals surface area contributed by atoms with Crippen LogP contribution in [0.4, 0.5) is 10.5 Å². The molecule has 0 spiro atoms. The van der Waals surface area contributed by atoms with Crippen molar-refractivity contribution >= 4 is 82.3 Å². The molecular formula is C58H84ClN5O14S. The number of epoxide rings is 1. The minimum atomic E-state index is -1.67. The first-order chi connectivity index (χ1) is 37.2. The molecule has 4 bridgehead atoms. The fourth-order valence-electron chi connectivity index (χ4n) is 10.7. The Morgan fingerprint density at radius 2 is 1.75 bits per heavy atom. The second-order valence-electron chi connectivity index (χ2n) is 22.5. The summed E-state index contributed by atoms with van der Waals surface area (Å²) >= 11 is 7.80. The van der Waals surface area contributed by atoms with Gasteiger partial charge in [-0.2, -0.15) is 0 Å². The van der Waals surface area contributed by atoms with E-state index in [4.69, 9.17) is 25.8 Å². The zero-order valence-electron chi connectivity index (χ0n) is 47.7. The highest BCUT2D eigenvalue weighted by Gasteiger charge is 2.64. The van der Waals surface area contributed by atoms with Crippen LogP contribution in [0.5, 0.6) is 0 Å². The van der Waals surface area contributed by atoms with Crippen LogP contribution in [0, 0.1) is 30.6 Å². The van der Waals surface area contributed by atoms with Crippen LogP contribution in [0.3, 0.4) is 0 Å². The molecule has 19 nitrogen and oxygen atoms in total. The van der Waals surface area contributed by atoms with Crippen molar-refractivity contribution in [3.05, 3.63) is 52.1 Å². The minimum absolute atomic E-state index is 0.0108. The number of allylic oxidation sites excluding steroid dienone is 3. The molecule has 21 heteroatoms. The molecule has 5 N–H and O–H groups in total. The Morgan fingerprint density at radius 3 is 2.41 bits per heavy atom. The molecule has 4 aliphatic rings. The number of unbranched alkanes of at least 4 members (excludes halogenated alkanes) is 1. The van der Waals surface area contributed by atoms with Crippen LogP contribution in [0.25, 0.3) is 0 Å². The van der Waals surface area contributed by atoms with E-state index >= 15 is 0 Å². The van der Waals surface area contributed by atoms with Crippen molar-refractivity contribution < 1.29 is 67.6 Å². The van der Waals surface area contributed by atoms with Gasteiger partial charge in [0.05, 0.1) is 29.3 Å². The number of carbonyl (C=O) groups is 9. The molecule has 5 rings (SSSR count). The van der Waals surface area contributed by atoms with Gasteiger partial charge in [0, 0.05) is 76.3 Å². The molecule has 1 aromatic rings. The molecule has 2 saturated heterocycles. The number of alkyl carbamates (subject to hydrolysis) is 1. The number of carboxylic acid groups (broad SMARTS) is 1. The molecule has 0 radical (unpaired) electrons. The van der Waals surface area contributed by atoms with Gasteiger partial charge in [0.2, 0.25) is 23.6 Å². The number of ether oxygens (including phenoxy) is 3. The smallest absolute Gasteiger partial charge is 0.409 e. The summed E-state index contributed by atoms with van der Waals surface area (Å²) in [5.41, 5.74) is 0.128. The van der Waals surface area contributed by atoms with Gasteiger partial charge in [-0.1, -0.05) is 62.2 Å². The third-order valence-electron chi connectivity index (χ3n) is 16.4. The summed E-state index contributed by atoms with van der Waals surface area (Å²) < 4.78 is 18.2. The Kier molecular flexibility index (Phi) is 23.6. The van der Waals surface area contributed by atoms with E-state index in [1.165, 1.54) is 30.7 Å². The minimum Gasteiger partial charge on any atom is -0.480 e. The molecule has 5 amide bonds. The largest absolute Gasteiger partial charge is 0.480 e. The predicted octanol–water partition coefficient (Wildman–Crippen LogP) is 7.33. The van der Waals surface area contributed by atoms with Crippen LogP contribution >= 0.6 is 23.4 Å². The van der Waals surface area contributed by atoms with Gasteiger partial charge in [-0.25, -0.2) is 9.59 Å². The first kappa shape index (κ1) is 64.5. The van der Waals surface area contributed by atoms with Crippen LogP contribution in [0.15, 0.2) is 35.9 Å². The van der Waals surface area contributed by atoms with E-state index in [9.17, 15) is 53.4 Å². The number of nitrogens with one attached hydrogen (secondary N) is 3. The maximum Gasteiger partial charge on any atom is 0.409 e. The van der Waals surface area contributed by atoms with Gasteiger partial charge >= 0.3 is 18.0 Å². The van der Waals surface area contributed by atoms with Crippen LogP contribution in [0.1, 0.15) is 149 Å². The SMILES string of the molecule is CCC(=O)NC(CCCCNC(=O)C1CCC(CCC(=O)CC(SCCC(=O)N(C)[C@@H](C)C(=O)O[C@H]2CC(=O)N(C)c3cc(cc(C)c3Cl)C/C(C)=C/C=C/[C@@H](C)[C@@]3(O)CC(OC(=O)N3)[C@@H](C)[C@@H]3O[C@@]23C)C(=O)O)CC1)C(C)=O. The number of benzene rings is 1. The Bertz CT molecular complexity index is 2480. The number of aryl methyl sites for hydroxylation is 1. The summed E-state index contributed by atoms with van der Waals surface area (Å²) in [6, 6.07) is 2.09. The topological polar surface area (TPSA) is 268 Å². The molecule has 0 aromatic heterocycles. The monoisotopic (exact) mass is 1140 g/mol. The highest BCUT2D eigenvalue weighted by molar-refractivity contribution is 8.00. The highest BCUT2D eigenvalue weighted by atomic mass is 35.5. The van der Waals surface area contributed by atoms with Gasteiger partial charge in [0.25, 0.3) is 0 Å². The lowest BCUT2D eigenvalue weighted by Gasteiger charge is -2.41. The number of carbonyl (C=O) groups excluding carboxylic acids is 8. The summed E-state index contributed by atoms with van der Waals surface area (Å²) in [7, 11) is 3.01. The number of carboxylic acids is 1. The molecule has 79 heavy (non-hydrogen) atoms. The fourth-order valence-corrected chi connectivity index (χ4v) is 12.0. The van der Waals surface area contributed by atoms with Crippen LogP contribution < -0.4 is 20.9 Å². The molecule has 1 aromatic carbocycles. The number of ketones is 2. The van der Waals surface area contributed by atoms with Crippen molar-refractivity contribution in [2.75, 3.05) is 31.3 Å². The van der Waals surface area contributed by atoms with E-state index in [0.29, 0.717) is 68.6 Å². The number of aliphatic hydroxyl groups is 1. The lowest BCUT2D eigenvalue weighted by atomic mass is 9.79. The molecule has 438 valence electrons. The molecule has 1 aliphatic carbocycles. The van der Waals surface area contributed by atoms with E-state index in [1.807, 2.05) is 44.2 Å². The number of hydrogen-bond donors (Lipinski definition) is 5. The van der Waals surface area contributed by atoms with E-state index in [0.717, 1.165) is 41.3 Å². The number of rotatable bonds is 22. The number of thioether (sulfide) groups is 1. The zero-order valence-corrected chi connectivity index (χ0v) is 49.2. The number of anilines is 1. The standard InChI is InChI=1S/C58H84ClN5O14S/c1-11-48(67)61-43(38(7)65)17-12-13-25-60-53(70)41-21-18-39(19-22-41)20-23-42(66)30-46(54(71)72)79-26-24-49(68)63(9)37(6)55(73)77-47-31-50(69)64(10)44-29-40(28-34(3)51(44)59)27-33(2)15-14-16-35(4)58(75)32-45(76-56(74)62-58)36(5)52-57(47,8)78-52/h14-16,28-29,35-37,39,41,43,45-47,52,75H,11-13,17-27,30-32H2,1-10H3,(H,60,70)(H,61,67)(H,62,74)(H,71,72)/b16-14+,33-15+/t35-,36-,37+,39?,41?,43?,45?,46?,47+,52+,57+,58+/m1/s1. The second-order valence-corrected chi connectivity index (χ2v) is 24.2. The van der Waals surface area contributed by atoms with E-state index in [1.54, 1.807) is 34.7 Å². The van der Waals surface area contributed by atoms with Crippen molar-refractivity contribution in [2.45, 2.75) is 199 Å². The number of nitrogens with zero attached hydrogens (tertiary/aromatic N) is 2. The fraction of sp³-hybridized carbons (Fsp3) is 0.672. The maximum atomic E-state index is 14.3. The van der Waals surface area contributed by atoms with E-state index < -0.39 is 88.7 Å². The summed E-state index contributed by atoms with van der Waals surface area (Å²) in [5.74, 6) is -4.36. The zero-order chi connectivity index (χ0) is 58.5. The Balaban J connectivity index is 1.14. The second kappa shape index (κ2) is 28.9. The van der Waals surface area contributed by atoms with Crippen molar-refractivity contribution in [1.29, 1.82) is 0 Å². The summed E-state index contributed by atoms with van der Waals surface area (Å²) in [6.45, 7) is 14.2.